The lowest BCUT2D eigenvalue weighted by atomic mass is 10.1. The predicted molar refractivity (Wildman–Crippen MR) is 94.9 cm³/mol. The number of nitriles is 1. The van der Waals surface area contributed by atoms with E-state index in [-0.39, 0.29) is 17.5 Å². The summed E-state index contributed by atoms with van der Waals surface area (Å²) in [6.07, 6.45) is 3.47. The van der Waals surface area contributed by atoms with E-state index in [9.17, 15) is 10.1 Å². The zero-order valence-electron chi connectivity index (χ0n) is 13.3. The number of rotatable bonds is 4. The first kappa shape index (κ1) is 15.6. The number of carbonyl (C=O) groups excluding carboxylic acids is 1. The second-order valence-electron chi connectivity index (χ2n) is 5.60. The number of aromatic amines is 1. The molecule has 118 valence electrons. The van der Waals surface area contributed by atoms with Gasteiger partial charge in [0.25, 0.3) is 5.91 Å². The Morgan fingerprint density at radius 2 is 2.00 bits per heavy atom. The maximum Gasteiger partial charge on any atom is 0.262 e. The average Bonchev–Trinajstić information content (AvgIpc) is 3.08. The van der Waals surface area contributed by atoms with Crippen molar-refractivity contribution in [1.82, 2.24) is 10.3 Å². The van der Waals surface area contributed by atoms with Gasteiger partial charge in [-0.25, -0.2) is 0 Å². The minimum atomic E-state index is -0.372. The second-order valence-corrected chi connectivity index (χ2v) is 5.60. The summed E-state index contributed by atoms with van der Waals surface area (Å²) in [7, 11) is 0. The van der Waals surface area contributed by atoms with Crippen molar-refractivity contribution in [3.05, 3.63) is 77.5 Å². The first-order valence-electron chi connectivity index (χ1n) is 7.72. The Balaban J connectivity index is 1.79. The van der Waals surface area contributed by atoms with Crippen molar-refractivity contribution in [3.8, 4) is 6.07 Å². The summed E-state index contributed by atoms with van der Waals surface area (Å²) >= 11 is 0. The van der Waals surface area contributed by atoms with Crippen LogP contribution in [-0.4, -0.2) is 10.9 Å². The van der Waals surface area contributed by atoms with Crippen LogP contribution in [0.2, 0.25) is 0 Å². The monoisotopic (exact) mass is 315 g/mol. The first-order valence-corrected chi connectivity index (χ1v) is 7.72. The summed E-state index contributed by atoms with van der Waals surface area (Å²) in [6, 6.07) is 19.2. The molecule has 2 aromatic carbocycles. The fourth-order valence-corrected chi connectivity index (χ4v) is 2.58. The average molecular weight is 315 g/mol. The largest absolute Gasteiger partial charge is 0.361 e. The molecular formula is C20H17N3O. The Bertz CT molecular complexity index is 932. The number of amides is 1. The van der Waals surface area contributed by atoms with Crippen LogP contribution in [0.4, 0.5) is 0 Å². The lowest BCUT2D eigenvalue weighted by Crippen LogP contribution is -2.27. The van der Waals surface area contributed by atoms with Crippen molar-refractivity contribution in [2.24, 2.45) is 0 Å². The van der Waals surface area contributed by atoms with E-state index in [2.05, 4.69) is 10.3 Å². The van der Waals surface area contributed by atoms with Gasteiger partial charge in [0.1, 0.15) is 11.6 Å². The highest BCUT2D eigenvalue weighted by molar-refractivity contribution is 6.02. The number of aromatic nitrogens is 1. The fraction of sp³-hybridized carbons (Fsp3) is 0.100. The first-order chi connectivity index (χ1) is 11.7. The van der Waals surface area contributed by atoms with Gasteiger partial charge < -0.3 is 10.3 Å². The smallest absolute Gasteiger partial charge is 0.262 e. The molecule has 1 heterocycles. The number of fused-ring (bicyclic) bond motifs is 1. The summed E-state index contributed by atoms with van der Waals surface area (Å²) in [4.78, 5) is 15.5. The van der Waals surface area contributed by atoms with E-state index in [0.29, 0.717) is 0 Å². The summed E-state index contributed by atoms with van der Waals surface area (Å²) in [5.41, 5.74) is 2.93. The number of benzene rings is 2. The normalized spacial score (nSPS) is 12.6. The molecular weight excluding hydrogens is 298 g/mol. The molecule has 0 aliphatic heterocycles. The van der Waals surface area contributed by atoms with E-state index in [4.69, 9.17) is 0 Å². The van der Waals surface area contributed by atoms with Gasteiger partial charge in [-0.1, -0.05) is 36.4 Å². The highest BCUT2D eigenvalue weighted by Gasteiger charge is 2.13. The van der Waals surface area contributed by atoms with E-state index in [0.717, 1.165) is 22.0 Å². The summed E-state index contributed by atoms with van der Waals surface area (Å²) in [6.45, 7) is 1.90. The van der Waals surface area contributed by atoms with Crippen molar-refractivity contribution >= 4 is 22.9 Å². The Labute approximate surface area is 140 Å². The van der Waals surface area contributed by atoms with E-state index in [1.807, 2.05) is 73.8 Å². The third-order valence-corrected chi connectivity index (χ3v) is 3.90. The lowest BCUT2D eigenvalue weighted by Gasteiger charge is -2.13. The van der Waals surface area contributed by atoms with Crippen LogP contribution in [0.5, 0.6) is 0 Å². The van der Waals surface area contributed by atoms with Crippen molar-refractivity contribution in [1.29, 1.82) is 5.26 Å². The van der Waals surface area contributed by atoms with Gasteiger partial charge in [0, 0.05) is 11.7 Å². The highest BCUT2D eigenvalue weighted by Crippen LogP contribution is 2.17. The lowest BCUT2D eigenvalue weighted by molar-refractivity contribution is -0.117. The molecule has 0 fully saturated rings. The van der Waals surface area contributed by atoms with Crippen LogP contribution in [0.15, 0.2) is 66.4 Å². The molecule has 0 saturated carbocycles. The molecule has 0 spiro atoms. The van der Waals surface area contributed by atoms with Gasteiger partial charge in [-0.05, 0) is 47.7 Å². The van der Waals surface area contributed by atoms with Crippen LogP contribution in [0.3, 0.4) is 0 Å². The number of H-pyrrole nitrogens is 1. The third-order valence-electron chi connectivity index (χ3n) is 3.90. The van der Waals surface area contributed by atoms with E-state index >= 15 is 0 Å². The molecule has 1 atom stereocenters. The summed E-state index contributed by atoms with van der Waals surface area (Å²) in [5.74, 6) is -0.372. The molecule has 1 amide bonds. The molecule has 0 aliphatic carbocycles. The van der Waals surface area contributed by atoms with Gasteiger partial charge in [0.15, 0.2) is 0 Å². The molecule has 2 N–H and O–H groups in total. The summed E-state index contributed by atoms with van der Waals surface area (Å²) in [5, 5.41) is 13.2. The van der Waals surface area contributed by atoms with Crippen LogP contribution in [0.25, 0.3) is 17.0 Å². The van der Waals surface area contributed by atoms with Crippen LogP contribution in [0.1, 0.15) is 24.1 Å². The number of nitrogens with zero attached hydrogens (tertiary/aromatic N) is 1. The molecule has 0 aliphatic rings. The molecule has 1 unspecified atom stereocenters. The molecule has 3 rings (SSSR count). The maximum atomic E-state index is 12.4. The van der Waals surface area contributed by atoms with Gasteiger partial charge in [0.05, 0.1) is 6.04 Å². The summed E-state index contributed by atoms with van der Waals surface area (Å²) < 4.78 is 0. The van der Waals surface area contributed by atoms with E-state index < -0.39 is 0 Å². The van der Waals surface area contributed by atoms with Crippen molar-refractivity contribution < 1.29 is 4.79 Å². The van der Waals surface area contributed by atoms with Crippen molar-refractivity contribution in [2.75, 3.05) is 0 Å². The minimum Gasteiger partial charge on any atom is -0.361 e. The molecule has 0 bridgehead atoms. The minimum absolute atomic E-state index is 0.0904. The predicted octanol–water partition coefficient (Wildman–Crippen LogP) is 3.95. The standard InChI is InChI=1S/C20H17N3O/c1-14(16-5-3-2-4-6-16)23-20(24)18(13-21)12-15-7-8-19-17(11-15)9-10-22-19/h2-12,14,22H,1H3,(H,23,24). The van der Waals surface area contributed by atoms with Gasteiger partial charge in [-0.15, -0.1) is 0 Å². The fourth-order valence-electron chi connectivity index (χ4n) is 2.58. The Hall–Kier alpha value is -3.32. The number of nitrogens with one attached hydrogen (secondary N) is 2. The van der Waals surface area contributed by atoms with Crippen molar-refractivity contribution in [2.45, 2.75) is 13.0 Å². The SMILES string of the molecule is CC(NC(=O)C(C#N)=Cc1ccc2[nH]ccc2c1)c1ccccc1. The quantitative estimate of drug-likeness (QED) is 0.565. The zero-order chi connectivity index (χ0) is 16.9. The van der Waals surface area contributed by atoms with E-state index in [1.54, 1.807) is 6.08 Å². The molecule has 0 saturated heterocycles. The van der Waals surface area contributed by atoms with Gasteiger partial charge in [-0.2, -0.15) is 5.26 Å². The van der Waals surface area contributed by atoms with Gasteiger partial charge in [0.2, 0.25) is 0 Å². The Kier molecular flexibility index (Phi) is 4.44. The Morgan fingerprint density at radius 3 is 2.75 bits per heavy atom. The van der Waals surface area contributed by atoms with Crippen LogP contribution < -0.4 is 5.32 Å². The van der Waals surface area contributed by atoms with Crippen LogP contribution >= 0.6 is 0 Å². The molecule has 1 aromatic heterocycles. The third kappa shape index (κ3) is 3.36. The molecule has 3 aromatic rings. The number of hydrogen-bond donors (Lipinski definition) is 2. The molecule has 4 heteroatoms. The van der Waals surface area contributed by atoms with Gasteiger partial charge in [-0.3, -0.25) is 4.79 Å². The number of hydrogen-bond acceptors (Lipinski definition) is 2. The molecule has 0 radical (unpaired) electrons. The second kappa shape index (κ2) is 6.84. The molecule has 4 nitrogen and oxygen atoms in total. The topological polar surface area (TPSA) is 68.7 Å². The van der Waals surface area contributed by atoms with E-state index in [1.165, 1.54) is 0 Å². The van der Waals surface area contributed by atoms with Crippen molar-refractivity contribution in [3.63, 3.8) is 0 Å². The zero-order valence-corrected chi connectivity index (χ0v) is 13.3. The highest BCUT2D eigenvalue weighted by atomic mass is 16.1. The maximum absolute atomic E-state index is 12.4. The Morgan fingerprint density at radius 1 is 1.21 bits per heavy atom. The van der Waals surface area contributed by atoms with Crippen LogP contribution in [0, 0.1) is 11.3 Å². The van der Waals surface area contributed by atoms with Gasteiger partial charge >= 0.3 is 0 Å². The van der Waals surface area contributed by atoms with Crippen LogP contribution in [-0.2, 0) is 4.79 Å². The number of carbonyl (C=O) groups is 1. The molecule has 24 heavy (non-hydrogen) atoms.